The molecule has 0 atom stereocenters. The Balaban J connectivity index is 2.65. The number of halogens is 1. The van der Waals surface area contributed by atoms with Crippen LogP contribution in [0.4, 0.5) is 10.2 Å². The van der Waals surface area contributed by atoms with Crippen molar-refractivity contribution in [2.75, 3.05) is 25.1 Å². The molecule has 0 saturated heterocycles. The Hall–Kier alpha value is -1.20. The molecular formula is C12H19FN2O2. The monoisotopic (exact) mass is 242 g/mol. The minimum atomic E-state index is -0.470. The molecule has 0 saturated carbocycles. The van der Waals surface area contributed by atoms with Crippen molar-refractivity contribution in [3.05, 3.63) is 23.6 Å². The summed E-state index contributed by atoms with van der Waals surface area (Å²) in [6.07, 6.45) is 1.65. The molecule has 4 nitrogen and oxygen atoms in total. The summed E-state index contributed by atoms with van der Waals surface area (Å²) in [5.41, 5.74) is 0.256. The van der Waals surface area contributed by atoms with Crippen LogP contribution in [-0.2, 0) is 11.3 Å². The van der Waals surface area contributed by atoms with E-state index < -0.39 is 5.82 Å². The van der Waals surface area contributed by atoms with Gasteiger partial charge in [-0.05, 0) is 19.9 Å². The van der Waals surface area contributed by atoms with Crippen molar-refractivity contribution in [2.45, 2.75) is 26.6 Å². The number of aliphatic hydroxyl groups excluding tert-OH is 1. The molecule has 0 aliphatic heterocycles. The maximum absolute atomic E-state index is 13.8. The number of likely N-dealkylation sites (N-methyl/N-ethyl adjacent to an activating group) is 1. The van der Waals surface area contributed by atoms with Gasteiger partial charge in [0.25, 0.3) is 0 Å². The molecule has 0 unspecified atom stereocenters. The molecule has 0 aliphatic rings. The summed E-state index contributed by atoms with van der Waals surface area (Å²) in [5, 5.41) is 8.96. The predicted molar refractivity (Wildman–Crippen MR) is 64.5 cm³/mol. The Labute approximate surface area is 101 Å². The standard InChI is InChI=1S/C12H19FN2O2/c1-9(2)17-7-6-15(3)12-11(13)10(8-16)4-5-14-12/h4-5,9,16H,6-8H2,1-3H3. The number of aromatic nitrogens is 1. The van der Waals surface area contributed by atoms with Crippen LogP contribution < -0.4 is 4.90 Å². The van der Waals surface area contributed by atoms with Gasteiger partial charge in [-0.25, -0.2) is 9.37 Å². The number of hydrogen-bond donors (Lipinski definition) is 1. The zero-order chi connectivity index (χ0) is 12.8. The summed E-state index contributed by atoms with van der Waals surface area (Å²) >= 11 is 0. The summed E-state index contributed by atoms with van der Waals surface area (Å²) in [4.78, 5) is 5.65. The van der Waals surface area contributed by atoms with Gasteiger partial charge in [-0.1, -0.05) is 0 Å². The smallest absolute Gasteiger partial charge is 0.171 e. The molecular weight excluding hydrogens is 223 g/mol. The van der Waals surface area contributed by atoms with Gasteiger partial charge in [0.05, 0.1) is 19.3 Å². The fourth-order valence-electron chi connectivity index (χ4n) is 1.39. The lowest BCUT2D eigenvalue weighted by atomic mass is 10.2. The van der Waals surface area contributed by atoms with Crippen LogP contribution >= 0.6 is 0 Å². The SMILES string of the molecule is CC(C)OCCN(C)c1nccc(CO)c1F. The van der Waals surface area contributed by atoms with E-state index >= 15 is 0 Å². The van der Waals surface area contributed by atoms with Gasteiger partial charge in [0.15, 0.2) is 11.6 Å². The molecule has 5 heteroatoms. The van der Waals surface area contributed by atoms with E-state index in [1.165, 1.54) is 12.3 Å². The number of rotatable bonds is 6. The van der Waals surface area contributed by atoms with Crippen molar-refractivity contribution >= 4 is 5.82 Å². The highest BCUT2D eigenvalue weighted by atomic mass is 19.1. The average molecular weight is 242 g/mol. The molecule has 0 amide bonds. The summed E-state index contributed by atoms with van der Waals surface area (Å²) in [6, 6.07) is 1.47. The van der Waals surface area contributed by atoms with Gasteiger partial charge in [-0.2, -0.15) is 0 Å². The van der Waals surface area contributed by atoms with Crippen LogP contribution in [0.5, 0.6) is 0 Å². The van der Waals surface area contributed by atoms with Gasteiger partial charge in [0, 0.05) is 25.4 Å². The first-order valence-corrected chi connectivity index (χ1v) is 5.63. The van der Waals surface area contributed by atoms with Crippen LogP contribution in [0.25, 0.3) is 0 Å². The van der Waals surface area contributed by atoms with E-state index in [1.807, 2.05) is 13.8 Å². The van der Waals surface area contributed by atoms with Gasteiger partial charge in [0.1, 0.15) is 0 Å². The zero-order valence-corrected chi connectivity index (χ0v) is 10.5. The van der Waals surface area contributed by atoms with Crippen molar-refractivity contribution in [3.8, 4) is 0 Å². The average Bonchev–Trinajstić information content (AvgIpc) is 2.28. The van der Waals surface area contributed by atoms with Crippen LogP contribution in [0.15, 0.2) is 12.3 Å². The van der Waals surface area contributed by atoms with E-state index in [2.05, 4.69) is 4.98 Å². The number of nitrogens with zero attached hydrogens (tertiary/aromatic N) is 2. The van der Waals surface area contributed by atoms with Crippen molar-refractivity contribution in [3.63, 3.8) is 0 Å². The third-order valence-corrected chi connectivity index (χ3v) is 2.36. The van der Waals surface area contributed by atoms with Gasteiger partial charge < -0.3 is 14.7 Å². The minimum absolute atomic E-state index is 0.157. The van der Waals surface area contributed by atoms with Crippen molar-refractivity contribution in [1.82, 2.24) is 4.98 Å². The maximum Gasteiger partial charge on any atom is 0.171 e. The number of aliphatic hydroxyl groups is 1. The first-order valence-electron chi connectivity index (χ1n) is 5.63. The molecule has 1 heterocycles. The summed E-state index contributed by atoms with van der Waals surface area (Å²) < 4.78 is 19.2. The van der Waals surface area contributed by atoms with Gasteiger partial charge in [-0.3, -0.25) is 0 Å². The first-order chi connectivity index (χ1) is 8.06. The molecule has 1 N–H and O–H groups in total. The Morgan fingerprint density at radius 3 is 2.82 bits per heavy atom. The van der Waals surface area contributed by atoms with Crippen molar-refractivity contribution in [1.29, 1.82) is 0 Å². The lowest BCUT2D eigenvalue weighted by Crippen LogP contribution is -2.26. The molecule has 0 aliphatic carbocycles. The Bertz CT molecular complexity index is 358. The molecule has 0 spiro atoms. The maximum atomic E-state index is 13.8. The van der Waals surface area contributed by atoms with Crippen molar-refractivity contribution < 1.29 is 14.2 Å². The molecule has 0 fully saturated rings. The van der Waals surface area contributed by atoms with Gasteiger partial charge >= 0.3 is 0 Å². The third-order valence-electron chi connectivity index (χ3n) is 2.36. The van der Waals surface area contributed by atoms with Gasteiger partial charge in [0.2, 0.25) is 0 Å². The second-order valence-corrected chi connectivity index (χ2v) is 4.11. The Morgan fingerprint density at radius 1 is 1.53 bits per heavy atom. The molecule has 17 heavy (non-hydrogen) atoms. The summed E-state index contributed by atoms with van der Waals surface area (Å²) in [7, 11) is 1.75. The largest absolute Gasteiger partial charge is 0.392 e. The van der Waals surface area contributed by atoms with Crippen LogP contribution in [0, 0.1) is 5.82 Å². The highest BCUT2D eigenvalue weighted by molar-refractivity contribution is 5.42. The number of pyridine rings is 1. The fourth-order valence-corrected chi connectivity index (χ4v) is 1.39. The Kier molecular flexibility index (Phi) is 5.31. The minimum Gasteiger partial charge on any atom is -0.392 e. The van der Waals surface area contributed by atoms with Gasteiger partial charge in [-0.15, -0.1) is 0 Å². The fraction of sp³-hybridized carbons (Fsp3) is 0.583. The molecule has 0 aromatic carbocycles. The van der Waals surface area contributed by atoms with Crippen LogP contribution in [0.2, 0.25) is 0 Å². The van der Waals surface area contributed by atoms with E-state index in [0.717, 1.165) is 0 Å². The third kappa shape index (κ3) is 3.94. The molecule has 1 aromatic rings. The van der Waals surface area contributed by atoms with E-state index in [4.69, 9.17) is 9.84 Å². The highest BCUT2D eigenvalue weighted by Gasteiger charge is 2.12. The molecule has 1 aromatic heterocycles. The van der Waals surface area contributed by atoms with E-state index in [-0.39, 0.29) is 24.1 Å². The summed E-state index contributed by atoms with van der Waals surface area (Å²) in [5.74, 6) is -0.231. The quantitative estimate of drug-likeness (QED) is 0.822. The number of hydrogen-bond acceptors (Lipinski definition) is 4. The second kappa shape index (κ2) is 6.51. The van der Waals surface area contributed by atoms with Crippen LogP contribution in [0.1, 0.15) is 19.4 Å². The molecule has 96 valence electrons. The zero-order valence-electron chi connectivity index (χ0n) is 10.5. The first kappa shape index (κ1) is 13.9. The lowest BCUT2D eigenvalue weighted by Gasteiger charge is -2.20. The van der Waals surface area contributed by atoms with Crippen LogP contribution in [-0.4, -0.2) is 36.4 Å². The number of ether oxygens (including phenoxy) is 1. The molecule has 0 bridgehead atoms. The molecule has 1 rings (SSSR count). The van der Waals surface area contributed by atoms with Crippen molar-refractivity contribution in [2.24, 2.45) is 0 Å². The van der Waals surface area contributed by atoms with E-state index in [9.17, 15) is 4.39 Å². The number of anilines is 1. The van der Waals surface area contributed by atoms with E-state index in [1.54, 1.807) is 11.9 Å². The lowest BCUT2D eigenvalue weighted by molar-refractivity contribution is 0.0845. The Morgan fingerprint density at radius 2 is 2.24 bits per heavy atom. The highest BCUT2D eigenvalue weighted by Crippen LogP contribution is 2.18. The summed E-state index contributed by atoms with van der Waals surface area (Å²) in [6.45, 7) is 4.64. The molecule has 0 radical (unpaired) electrons. The second-order valence-electron chi connectivity index (χ2n) is 4.11. The normalized spacial score (nSPS) is 10.9. The van der Waals surface area contributed by atoms with E-state index in [0.29, 0.717) is 13.2 Å². The predicted octanol–water partition coefficient (Wildman–Crippen LogP) is 1.57. The van der Waals surface area contributed by atoms with Crippen LogP contribution in [0.3, 0.4) is 0 Å². The topological polar surface area (TPSA) is 45.6 Å².